The van der Waals surface area contributed by atoms with Crippen molar-refractivity contribution in [3.63, 3.8) is 0 Å². The second-order valence-electron chi connectivity index (χ2n) is 4.53. The highest BCUT2D eigenvalue weighted by Crippen LogP contribution is 2.01. The highest BCUT2D eigenvalue weighted by atomic mass is 16.2. The number of hydrogen-bond acceptors (Lipinski definition) is 4. The molecule has 20 heavy (non-hydrogen) atoms. The molecule has 1 aliphatic heterocycles. The lowest BCUT2D eigenvalue weighted by Crippen LogP contribution is -2.45. The minimum atomic E-state index is 0.379. The average Bonchev–Trinajstić information content (AvgIpc) is 2.48. The summed E-state index contributed by atoms with van der Waals surface area (Å²) in [6.45, 7) is 2.66. The molecule has 112 valence electrons. The first-order valence-electron chi connectivity index (χ1n) is 6.57. The molecule has 0 radical (unpaired) electrons. The average molecular weight is 284 g/mol. The third kappa shape index (κ3) is 4.87. The minimum Gasteiger partial charge on any atom is -0.343 e. The maximum atomic E-state index is 11.0. The number of nitrogens with zero attached hydrogens (tertiary/aromatic N) is 4. The molecule has 0 aliphatic carbocycles. The van der Waals surface area contributed by atoms with E-state index in [1.54, 1.807) is 9.80 Å². The molecule has 0 atom stereocenters. The Morgan fingerprint density at radius 3 is 1.20 bits per heavy atom. The van der Waals surface area contributed by atoms with Gasteiger partial charge in [0.25, 0.3) is 0 Å². The summed E-state index contributed by atoms with van der Waals surface area (Å²) < 4.78 is 0. The van der Waals surface area contributed by atoms with Gasteiger partial charge in [-0.3, -0.25) is 29.2 Å². The second kappa shape index (κ2) is 8.89. The van der Waals surface area contributed by atoms with Crippen LogP contribution in [0.4, 0.5) is 0 Å². The van der Waals surface area contributed by atoms with E-state index in [2.05, 4.69) is 0 Å². The van der Waals surface area contributed by atoms with Crippen LogP contribution in [0.15, 0.2) is 0 Å². The summed E-state index contributed by atoms with van der Waals surface area (Å²) in [5.74, 6) is 0. The molecule has 8 nitrogen and oxygen atoms in total. The van der Waals surface area contributed by atoms with Gasteiger partial charge in [0.1, 0.15) is 0 Å². The highest BCUT2D eigenvalue weighted by molar-refractivity contribution is 5.54. The normalized spacial score (nSPS) is 18.8. The zero-order valence-corrected chi connectivity index (χ0v) is 11.4. The Labute approximate surface area is 117 Å². The van der Waals surface area contributed by atoms with Gasteiger partial charge < -0.3 is 9.80 Å². The Hall–Kier alpha value is -2.12. The summed E-state index contributed by atoms with van der Waals surface area (Å²) >= 11 is 0. The molecule has 0 unspecified atom stereocenters. The highest BCUT2D eigenvalue weighted by Gasteiger charge is 2.14. The fourth-order valence-electron chi connectivity index (χ4n) is 2.05. The maximum Gasteiger partial charge on any atom is 0.228 e. The van der Waals surface area contributed by atoms with Crippen molar-refractivity contribution in [2.75, 3.05) is 39.3 Å². The Balaban J connectivity index is 2.70. The van der Waals surface area contributed by atoms with Crippen molar-refractivity contribution in [2.45, 2.75) is 12.8 Å². The van der Waals surface area contributed by atoms with E-state index in [1.807, 2.05) is 0 Å². The Bertz CT molecular complexity index is 307. The Morgan fingerprint density at radius 1 is 0.500 bits per heavy atom. The van der Waals surface area contributed by atoms with Crippen LogP contribution >= 0.6 is 0 Å². The smallest absolute Gasteiger partial charge is 0.228 e. The van der Waals surface area contributed by atoms with Gasteiger partial charge in [0, 0.05) is 39.3 Å². The van der Waals surface area contributed by atoms with Gasteiger partial charge in [-0.25, -0.2) is 0 Å². The van der Waals surface area contributed by atoms with Crippen molar-refractivity contribution in [1.82, 2.24) is 19.8 Å². The van der Waals surface area contributed by atoms with Gasteiger partial charge >= 0.3 is 0 Å². The van der Waals surface area contributed by atoms with Crippen LogP contribution in [0.3, 0.4) is 0 Å². The third-order valence-electron chi connectivity index (χ3n) is 3.21. The molecule has 0 aromatic rings. The number of carbonyl (C=O) groups is 4. The summed E-state index contributed by atoms with van der Waals surface area (Å²) in [5.41, 5.74) is 0. The van der Waals surface area contributed by atoms with Gasteiger partial charge in [0.15, 0.2) is 0 Å². The van der Waals surface area contributed by atoms with E-state index in [0.29, 0.717) is 64.9 Å². The van der Waals surface area contributed by atoms with E-state index >= 15 is 0 Å². The quantitative estimate of drug-likeness (QED) is 0.590. The standard InChI is InChI=1S/C12H20N4O4/c17-9-13-3-1-5-15(11-19)16(12-20)6-2-4-14(10-18)8-7-13/h9-12H,1-8H2. The molecule has 1 aliphatic rings. The SMILES string of the molecule is O=CN1CCCN(C=O)N(C=O)CCCN(C=O)CC1. The van der Waals surface area contributed by atoms with E-state index in [1.165, 1.54) is 10.0 Å². The number of hydrazine groups is 1. The topological polar surface area (TPSA) is 81.2 Å². The molecule has 0 bridgehead atoms. The molecule has 0 N–H and O–H groups in total. The number of hydrogen-bond donors (Lipinski definition) is 0. The summed E-state index contributed by atoms with van der Waals surface area (Å²) in [5, 5.41) is 2.59. The summed E-state index contributed by atoms with van der Waals surface area (Å²) in [6, 6.07) is 0. The molecule has 1 saturated heterocycles. The molecule has 0 saturated carbocycles. The predicted octanol–water partition coefficient (Wildman–Crippen LogP) is -1.47. The van der Waals surface area contributed by atoms with Gasteiger partial charge in [-0.05, 0) is 12.8 Å². The number of rotatable bonds is 4. The van der Waals surface area contributed by atoms with Crippen LogP contribution in [0, 0.1) is 0 Å². The molecule has 8 heteroatoms. The van der Waals surface area contributed by atoms with Gasteiger partial charge in [-0.15, -0.1) is 0 Å². The summed E-state index contributed by atoms with van der Waals surface area (Å²) in [7, 11) is 0. The molecule has 1 rings (SSSR count). The van der Waals surface area contributed by atoms with E-state index in [9.17, 15) is 19.2 Å². The number of carbonyl (C=O) groups excluding carboxylic acids is 4. The van der Waals surface area contributed by atoms with Crippen LogP contribution in [-0.4, -0.2) is 84.7 Å². The molecule has 0 aromatic carbocycles. The molecule has 1 fully saturated rings. The summed E-state index contributed by atoms with van der Waals surface area (Å²) in [6.07, 6.45) is 3.81. The minimum absolute atomic E-state index is 0.379. The lowest BCUT2D eigenvalue weighted by atomic mass is 10.3. The molecular formula is C12H20N4O4. The first-order valence-corrected chi connectivity index (χ1v) is 6.57. The second-order valence-corrected chi connectivity index (χ2v) is 4.53. The van der Waals surface area contributed by atoms with E-state index in [4.69, 9.17) is 0 Å². The van der Waals surface area contributed by atoms with Crippen molar-refractivity contribution in [3.8, 4) is 0 Å². The monoisotopic (exact) mass is 284 g/mol. The van der Waals surface area contributed by atoms with Gasteiger partial charge in [-0.1, -0.05) is 0 Å². The van der Waals surface area contributed by atoms with E-state index in [0.717, 1.165) is 12.8 Å². The number of amides is 4. The maximum absolute atomic E-state index is 11.0. The molecular weight excluding hydrogens is 264 g/mol. The Morgan fingerprint density at radius 2 is 0.900 bits per heavy atom. The fraction of sp³-hybridized carbons (Fsp3) is 0.667. The van der Waals surface area contributed by atoms with Crippen LogP contribution in [0.5, 0.6) is 0 Å². The fourth-order valence-corrected chi connectivity index (χ4v) is 2.05. The first-order chi connectivity index (χ1) is 9.74. The van der Waals surface area contributed by atoms with Crippen molar-refractivity contribution in [2.24, 2.45) is 0 Å². The lowest BCUT2D eigenvalue weighted by molar-refractivity contribution is -0.147. The zero-order chi connectivity index (χ0) is 14.8. The van der Waals surface area contributed by atoms with Gasteiger partial charge in [0.05, 0.1) is 0 Å². The largest absolute Gasteiger partial charge is 0.343 e. The predicted molar refractivity (Wildman–Crippen MR) is 70.0 cm³/mol. The van der Waals surface area contributed by atoms with Crippen molar-refractivity contribution in [3.05, 3.63) is 0 Å². The molecule has 4 amide bonds. The van der Waals surface area contributed by atoms with Crippen LogP contribution in [0.25, 0.3) is 0 Å². The van der Waals surface area contributed by atoms with Gasteiger partial charge in [0.2, 0.25) is 25.6 Å². The molecule has 0 aromatic heterocycles. The molecule has 1 heterocycles. The van der Waals surface area contributed by atoms with Crippen molar-refractivity contribution >= 4 is 25.6 Å². The van der Waals surface area contributed by atoms with Crippen LogP contribution in [0.1, 0.15) is 12.8 Å². The van der Waals surface area contributed by atoms with Crippen LogP contribution in [0.2, 0.25) is 0 Å². The van der Waals surface area contributed by atoms with Crippen molar-refractivity contribution in [1.29, 1.82) is 0 Å². The van der Waals surface area contributed by atoms with E-state index in [-0.39, 0.29) is 0 Å². The van der Waals surface area contributed by atoms with Gasteiger partial charge in [-0.2, -0.15) is 0 Å². The Kier molecular flexibility index (Phi) is 7.08. The van der Waals surface area contributed by atoms with Crippen LogP contribution in [-0.2, 0) is 19.2 Å². The van der Waals surface area contributed by atoms with E-state index < -0.39 is 0 Å². The zero-order valence-electron chi connectivity index (χ0n) is 11.4. The lowest BCUT2D eigenvalue weighted by Gasteiger charge is -2.31. The molecule has 0 spiro atoms. The third-order valence-corrected chi connectivity index (χ3v) is 3.21. The van der Waals surface area contributed by atoms with Crippen molar-refractivity contribution < 1.29 is 19.2 Å². The van der Waals surface area contributed by atoms with Crippen LogP contribution < -0.4 is 0 Å². The first kappa shape index (κ1) is 15.9. The summed E-state index contributed by atoms with van der Waals surface area (Å²) in [4.78, 5) is 46.9.